The molecule has 0 unspecified atom stereocenters. The Morgan fingerprint density at radius 1 is 1.37 bits per heavy atom. The second kappa shape index (κ2) is 4.16. The zero-order chi connectivity index (χ0) is 13.4. The van der Waals surface area contributed by atoms with Crippen LogP contribution in [0.3, 0.4) is 0 Å². The van der Waals surface area contributed by atoms with E-state index in [-0.39, 0.29) is 5.91 Å². The number of anilines is 2. The van der Waals surface area contributed by atoms with E-state index in [0.29, 0.717) is 17.1 Å². The lowest BCUT2D eigenvalue weighted by Gasteiger charge is -2.00. The lowest BCUT2D eigenvalue weighted by molar-refractivity contribution is 0.102. The predicted octanol–water partition coefficient (Wildman–Crippen LogP) is 2.03. The number of aryl methyl sites for hydroxylation is 1. The second-order valence-electron chi connectivity index (χ2n) is 4.40. The molecular formula is C13H13N5O. The Labute approximate surface area is 109 Å². The highest BCUT2D eigenvalue weighted by atomic mass is 16.1. The summed E-state index contributed by atoms with van der Waals surface area (Å²) in [5.41, 5.74) is 8.67. The smallest absolute Gasteiger partial charge is 0.259 e. The molecule has 2 heterocycles. The van der Waals surface area contributed by atoms with Gasteiger partial charge in [-0.25, -0.2) is 0 Å². The molecule has 6 heteroatoms. The molecule has 2 aromatic heterocycles. The van der Waals surface area contributed by atoms with Gasteiger partial charge in [0, 0.05) is 34.5 Å². The van der Waals surface area contributed by atoms with Crippen molar-refractivity contribution in [2.45, 2.75) is 6.92 Å². The van der Waals surface area contributed by atoms with Gasteiger partial charge in [0.05, 0.1) is 5.56 Å². The van der Waals surface area contributed by atoms with Crippen molar-refractivity contribution < 1.29 is 4.79 Å². The molecule has 19 heavy (non-hydrogen) atoms. The minimum absolute atomic E-state index is 0.219. The van der Waals surface area contributed by atoms with Crippen molar-refractivity contribution >= 4 is 28.3 Å². The van der Waals surface area contributed by atoms with Gasteiger partial charge in [0.25, 0.3) is 5.91 Å². The first-order valence-corrected chi connectivity index (χ1v) is 5.83. The van der Waals surface area contributed by atoms with E-state index >= 15 is 0 Å². The number of fused-ring (bicyclic) bond motifs is 1. The molecule has 3 aromatic rings. The summed E-state index contributed by atoms with van der Waals surface area (Å²) in [6.07, 6.45) is 1.67. The van der Waals surface area contributed by atoms with Gasteiger partial charge in [0.1, 0.15) is 0 Å². The molecule has 0 atom stereocenters. The molecule has 0 radical (unpaired) electrons. The van der Waals surface area contributed by atoms with Crippen molar-refractivity contribution in [1.29, 1.82) is 0 Å². The highest BCUT2D eigenvalue weighted by Gasteiger charge is 2.13. The maximum Gasteiger partial charge on any atom is 0.259 e. The first-order valence-electron chi connectivity index (χ1n) is 5.83. The van der Waals surface area contributed by atoms with Crippen LogP contribution in [0.25, 0.3) is 10.9 Å². The third kappa shape index (κ3) is 2.03. The first kappa shape index (κ1) is 11.3. The van der Waals surface area contributed by atoms with Gasteiger partial charge >= 0.3 is 0 Å². The molecule has 0 aliphatic heterocycles. The van der Waals surface area contributed by atoms with Crippen LogP contribution in [0.2, 0.25) is 0 Å². The zero-order valence-corrected chi connectivity index (χ0v) is 10.3. The van der Waals surface area contributed by atoms with E-state index < -0.39 is 0 Å². The number of hydrogen-bond donors (Lipinski definition) is 4. The molecular weight excluding hydrogens is 242 g/mol. The molecule has 0 fully saturated rings. The van der Waals surface area contributed by atoms with Crippen molar-refractivity contribution in [2.24, 2.45) is 0 Å². The average Bonchev–Trinajstić information content (AvgIpc) is 2.95. The monoisotopic (exact) mass is 255 g/mol. The Bertz CT molecular complexity index is 755. The van der Waals surface area contributed by atoms with Crippen LogP contribution < -0.4 is 11.1 Å². The summed E-state index contributed by atoms with van der Waals surface area (Å²) in [4.78, 5) is 15.2. The molecule has 1 amide bonds. The number of nitrogens with one attached hydrogen (secondary N) is 3. The van der Waals surface area contributed by atoms with Crippen LogP contribution >= 0.6 is 0 Å². The fraction of sp³-hybridized carbons (Fsp3) is 0.0769. The number of nitrogens with zero attached hydrogens (tertiary/aromatic N) is 1. The van der Waals surface area contributed by atoms with Crippen LogP contribution in [-0.2, 0) is 0 Å². The van der Waals surface area contributed by atoms with E-state index in [2.05, 4.69) is 20.5 Å². The van der Waals surface area contributed by atoms with E-state index in [1.165, 1.54) is 0 Å². The third-order valence-corrected chi connectivity index (χ3v) is 2.90. The normalized spacial score (nSPS) is 10.8. The van der Waals surface area contributed by atoms with Crippen LogP contribution in [0.4, 0.5) is 11.5 Å². The minimum atomic E-state index is -0.219. The fourth-order valence-electron chi connectivity index (χ4n) is 1.99. The molecule has 1 aromatic carbocycles. The molecule has 0 aliphatic carbocycles. The molecule has 0 bridgehead atoms. The van der Waals surface area contributed by atoms with Crippen molar-refractivity contribution in [2.75, 3.05) is 11.1 Å². The maximum atomic E-state index is 12.2. The standard InChI is InChI=1S/C13H13N5O/c1-7-4-12(18-17-7)16-13(19)10-6-15-11-3-2-8(14)5-9(10)11/h2-6,15H,14H2,1H3,(H2,16,17,18,19). The summed E-state index contributed by atoms with van der Waals surface area (Å²) in [5, 5.41) is 10.3. The number of aromatic nitrogens is 3. The Balaban J connectivity index is 1.95. The van der Waals surface area contributed by atoms with Gasteiger partial charge in [0.15, 0.2) is 5.82 Å². The summed E-state index contributed by atoms with van der Waals surface area (Å²) >= 11 is 0. The van der Waals surface area contributed by atoms with E-state index in [1.807, 2.05) is 13.0 Å². The molecule has 0 saturated heterocycles. The Morgan fingerprint density at radius 3 is 2.95 bits per heavy atom. The van der Waals surface area contributed by atoms with E-state index in [9.17, 15) is 4.79 Å². The lowest BCUT2D eigenvalue weighted by atomic mass is 10.1. The number of H-pyrrole nitrogens is 2. The number of carbonyl (C=O) groups is 1. The van der Waals surface area contributed by atoms with E-state index in [0.717, 1.165) is 16.6 Å². The molecule has 0 saturated carbocycles. The number of nitrogens with two attached hydrogens (primary N) is 1. The van der Waals surface area contributed by atoms with Gasteiger partial charge in [-0.1, -0.05) is 0 Å². The number of amides is 1. The molecule has 0 aliphatic rings. The molecule has 96 valence electrons. The van der Waals surface area contributed by atoms with Crippen LogP contribution in [0.15, 0.2) is 30.5 Å². The van der Waals surface area contributed by atoms with Crippen molar-refractivity contribution in [3.05, 3.63) is 41.7 Å². The summed E-state index contributed by atoms with van der Waals surface area (Å²) in [5.74, 6) is 0.282. The molecule has 5 N–H and O–H groups in total. The summed E-state index contributed by atoms with van der Waals surface area (Å²) in [6, 6.07) is 7.18. The third-order valence-electron chi connectivity index (χ3n) is 2.90. The minimum Gasteiger partial charge on any atom is -0.399 e. The second-order valence-corrected chi connectivity index (χ2v) is 4.40. The number of hydrogen-bond acceptors (Lipinski definition) is 3. The maximum absolute atomic E-state index is 12.2. The van der Waals surface area contributed by atoms with Gasteiger partial charge in [-0.2, -0.15) is 5.10 Å². The SMILES string of the molecule is Cc1cc(NC(=O)c2c[nH]c3ccc(N)cc23)n[nH]1. The lowest BCUT2D eigenvalue weighted by Crippen LogP contribution is -2.11. The van der Waals surface area contributed by atoms with Gasteiger partial charge in [-0.05, 0) is 25.1 Å². The van der Waals surface area contributed by atoms with Crippen molar-refractivity contribution in [3.8, 4) is 0 Å². The average molecular weight is 255 g/mol. The molecule has 6 nitrogen and oxygen atoms in total. The Kier molecular flexibility index (Phi) is 2.49. The Morgan fingerprint density at radius 2 is 2.21 bits per heavy atom. The topological polar surface area (TPSA) is 99.6 Å². The highest BCUT2D eigenvalue weighted by molar-refractivity contribution is 6.12. The zero-order valence-electron chi connectivity index (χ0n) is 10.3. The fourth-order valence-corrected chi connectivity index (χ4v) is 1.99. The van der Waals surface area contributed by atoms with Crippen molar-refractivity contribution in [3.63, 3.8) is 0 Å². The quantitative estimate of drug-likeness (QED) is 0.527. The molecule has 0 spiro atoms. The number of carbonyl (C=O) groups excluding carboxylic acids is 1. The van der Waals surface area contributed by atoms with Crippen LogP contribution in [0.1, 0.15) is 16.1 Å². The summed E-state index contributed by atoms with van der Waals surface area (Å²) in [7, 11) is 0. The van der Waals surface area contributed by atoms with Crippen LogP contribution in [0.5, 0.6) is 0 Å². The summed E-state index contributed by atoms with van der Waals surface area (Å²) in [6.45, 7) is 1.87. The van der Waals surface area contributed by atoms with Crippen LogP contribution in [-0.4, -0.2) is 21.1 Å². The van der Waals surface area contributed by atoms with Gasteiger partial charge in [0.2, 0.25) is 0 Å². The van der Waals surface area contributed by atoms with Gasteiger partial charge in [-0.15, -0.1) is 0 Å². The van der Waals surface area contributed by atoms with Crippen LogP contribution in [0, 0.1) is 6.92 Å². The largest absolute Gasteiger partial charge is 0.399 e. The van der Waals surface area contributed by atoms with E-state index in [4.69, 9.17) is 5.73 Å². The predicted molar refractivity (Wildman–Crippen MR) is 74.0 cm³/mol. The number of aromatic amines is 2. The number of rotatable bonds is 2. The Hall–Kier alpha value is -2.76. The van der Waals surface area contributed by atoms with Gasteiger partial charge < -0.3 is 16.0 Å². The summed E-state index contributed by atoms with van der Waals surface area (Å²) < 4.78 is 0. The highest BCUT2D eigenvalue weighted by Crippen LogP contribution is 2.21. The number of benzene rings is 1. The van der Waals surface area contributed by atoms with Gasteiger partial charge in [-0.3, -0.25) is 9.89 Å². The van der Waals surface area contributed by atoms with Crippen molar-refractivity contribution in [1.82, 2.24) is 15.2 Å². The molecule has 3 rings (SSSR count). The van der Waals surface area contributed by atoms with E-state index in [1.54, 1.807) is 24.4 Å². The first-order chi connectivity index (χ1) is 9.13. The number of nitrogen functional groups attached to an aromatic ring is 1.